The molecule has 0 spiro atoms. The first-order valence-corrected chi connectivity index (χ1v) is 5.31. The second-order valence-electron chi connectivity index (χ2n) is 4.46. The summed E-state index contributed by atoms with van der Waals surface area (Å²) in [5, 5.41) is 11.9. The number of aliphatic hydroxyl groups is 1. The van der Waals surface area contributed by atoms with Crippen LogP contribution in [0.4, 0.5) is 13.2 Å². The number of hydrogen-bond donors (Lipinski definition) is 2. The molecule has 94 valence electrons. The molecule has 6 heteroatoms. The summed E-state index contributed by atoms with van der Waals surface area (Å²) >= 11 is 0. The zero-order valence-electron chi connectivity index (χ0n) is 9.10. The first-order valence-electron chi connectivity index (χ1n) is 5.31. The van der Waals surface area contributed by atoms with Gasteiger partial charge in [-0.3, -0.25) is 4.79 Å². The van der Waals surface area contributed by atoms with Crippen LogP contribution in [0.15, 0.2) is 0 Å². The van der Waals surface area contributed by atoms with Gasteiger partial charge < -0.3 is 10.4 Å². The standard InChI is InChI=1S/C10H16F3NO2/c1-9(16,10(11,12)13)6-7-4-2-3-5-14-8(7)15/h7,16H,2-6H2,1H3,(H,14,15). The van der Waals surface area contributed by atoms with Crippen molar-refractivity contribution in [2.75, 3.05) is 6.54 Å². The van der Waals surface area contributed by atoms with Gasteiger partial charge in [0.2, 0.25) is 5.91 Å². The summed E-state index contributed by atoms with van der Waals surface area (Å²) in [6.07, 6.45) is -3.38. The van der Waals surface area contributed by atoms with E-state index in [0.717, 1.165) is 6.42 Å². The molecule has 1 fully saturated rings. The van der Waals surface area contributed by atoms with E-state index >= 15 is 0 Å². The molecule has 1 saturated heterocycles. The molecule has 2 N–H and O–H groups in total. The highest BCUT2D eigenvalue weighted by atomic mass is 19.4. The lowest BCUT2D eigenvalue weighted by Gasteiger charge is -2.29. The third-order valence-electron chi connectivity index (χ3n) is 2.90. The van der Waals surface area contributed by atoms with Crippen LogP contribution in [0.2, 0.25) is 0 Å². The molecule has 0 aromatic carbocycles. The zero-order chi connectivity index (χ0) is 12.4. The Morgan fingerprint density at radius 2 is 2.06 bits per heavy atom. The Morgan fingerprint density at radius 1 is 1.44 bits per heavy atom. The first-order chi connectivity index (χ1) is 7.24. The van der Waals surface area contributed by atoms with E-state index < -0.39 is 24.1 Å². The SMILES string of the molecule is CC(O)(CC1CCCCNC1=O)C(F)(F)F. The van der Waals surface area contributed by atoms with E-state index in [1.54, 1.807) is 0 Å². The van der Waals surface area contributed by atoms with Crippen molar-refractivity contribution in [2.24, 2.45) is 5.92 Å². The van der Waals surface area contributed by atoms with Gasteiger partial charge in [0.1, 0.15) is 0 Å². The lowest BCUT2D eigenvalue weighted by Crippen LogP contribution is -2.45. The molecule has 0 aromatic rings. The van der Waals surface area contributed by atoms with E-state index in [0.29, 0.717) is 26.3 Å². The molecule has 0 saturated carbocycles. The molecule has 2 atom stereocenters. The van der Waals surface area contributed by atoms with Crippen LogP contribution in [-0.4, -0.2) is 29.3 Å². The fraction of sp³-hybridized carbons (Fsp3) is 0.900. The summed E-state index contributed by atoms with van der Waals surface area (Å²) in [4.78, 5) is 11.4. The molecule has 1 amide bonds. The smallest absolute Gasteiger partial charge is 0.381 e. The van der Waals surface area contributed by atoms with Crippen LogP contribution >= 0.6 is 0 Å². The molecular weight excluding hydrogens is 223 g/mol. The van der Waals surface area contributed by atoms with Crippen LogP contribution in [0.5, 0.6) is 0 Å². The number of carbonyl (C=O) groups is 1. The van der Waals surface area contributed by atoms with Crippen LogP contribution in [-0.2, 0) is 4.79 Å². The lowest BCUT2D eigenvalue weighted by molar-refractivity contribution is -0.258. The Morgan fingerprint density at radius 3 is 2.62 bits per heavy atom. The van der Waals surface area contributed by atoms with Crippen molar-refractivity contribution in [3.05, 3.63) is 0 Å². The fourth-order valence-corrected chi connectivity index (χ4v) is 1.79. The molecule has 1 rings (SSSR count). The monoisotopic (exact) mass is 239 g/mol. The van der Waals surface area contributed by atoms with Gasteiger partial charge in [0.25, 0.3) is 0 Å². The van der Waals surface area contributed by atoms with Crippen LogP contribution in [0.25, 0.3) is 0 Å². The third-order valence-corrected chi connectivity index (χ3v) is 2.90. The molecule has 3 nitrogen and oxygen atoms in total. The van der Waals surface area contributed by atoms with Crippen molar-refractivity contribution in [3.63, 3.8) is 0 Å². The molecule has 0 aliphatic carbocycles. The third kappa shape index (κ3) is 3.10. The van der Waals surface area contributed by atoms with E-state index in [1.807, 2.05) is 0 Å². The Kier molecular flexibility index (Phi) is 3.83. The van der Waals surface area contributed by atoms with Crippen LogP contribution in [0.1, 0.15) is 32.6 Å². The van der Waals surface area contributed by atoms with Gasteiger partial charge in [-0.1, -0.05) is 6.42 Å². The predicted octanol–water partition coefficient (Wildman–Crippen LogP) is 1.61. The number of alkyl halides is 3. The molecule has 1 aliphatic rings. The predicted molar refractivity (Wildman–Crippen MR) is 51.6 cm³/mol. The minimum absolute atomic E-state index is 0.387. The lowest BCUT2D eigenvalue weighted by atomic mass is 9.88. The minimum atomic E-state index is -4.69. The Bertz CT molecular complexity index is 263. The van der Waals surface area contributed by atoms with Crippen molar-refractivity contribution >= 4 is 5.91 Å². The molecule has 2 unspecified atom stereocenters. The number of halogens is 3. The van der Waals surface area contributed by atoms with E-state index in [1.165, 1.54) is 0 Å². The molecule has 0 radical (unpaired) electrons. The van der Waals surface area contributed by atoms with Crippen molar-refractivity contribution in [3.8, 4) is 0 Å². The summed E-state index contributed by atoms with van der Waals surface area (Å²) < 4.78 is 37.3. The van der Waals surface area contributed by atoms with Gasteiger partial charge >= 0.3 is 6.18 Å². The van der Waals surface area contributed by atoms with Gasteiger partial charge in [0.15, 0.2) is 5.60 Å². The summed E-state index contributed by atoms with van der Waals surface area (Å²) in [6, 6.07) is 0. The van der Waals surface area contributed by atoms with Gasteiger partial charge in [0, 0.05) is 12.5 Å². The van der Waals surface area contributed by atoms with Gasteiger partial charge in [-0.2, -0.15) is 13.2 Å². The summed E-state index contributed by atoms with van der Waals surface area (Å²) in [5.41, 5.74) is -2.79. The maximum Gasteiger partial charge on any atom is 0.416 e. The van der Waals surface area contributed by atoms with Crippen LogP contribution < -0.4 is 5.32 Å². The van der Waals surface area contributed by atoms with Gasteiger partial charge in [-0.25, -0.2) is 0 Å². The first kappa shape index (κ1) is 13.3. The maximum absolute atomic E-state index is 12.4. The van der Waals surface area contributed by atoms with Crippen molar-refractivity contribution < 1.29 is 23.1 Å². The second kappa shape index (κ2) is 4.61. The maximum atomic E-state index is 12.4. The van der Waals surface area contributed by atoms with Gasteiger partial charge in [0.05, 0.1) is 0 Å². The molecular formula is C10H16F3NO2. The quantitative estimate of drug-likeness (QED) is 0.769. The van der Waals surface area contributed by atoms with Crippen molar-refractivity contribution in [1.82, 2.24) is 5.32 Å². The Balaban J connectivity index is 2.67. The number of hydrogen-bond acceptors (Lipinski definition) is 2. The number of amides is 1. The summed E-state index contributed by atoms with van der Waals surface area (Å²) in [7, 11) is 0. The summed E-state index contributed by atoms with van der Waals surface area (Å²) in [5.74, 6) is -1.14. The Hall–Kier alpha value is -0.780. The molecule has 0 aromatic heterocycles. The fourth-order valence-electron chi connectivity index (χ4n) is 1.79. The van der Waals surface area contributed by atoms with Crippen LogP contribution in [0, 0.1) is 5.92 Å². The van der Waals surface area contributed by atoms with Crippen LogP contribution in [0.3, 0.4) is 0 Å². The molecule has 1 heterocycles. The molecule has 1 aliphatic heterocycles. The van der Waals surface area contributed by atoms with E-state index in [4.69, 9.17) is 0 Å². The number of carbonyl (C=O) groups excluding carboxylic acids is 1. The minimum Gasteiger partial charge on any atom is -0.381 e. The number of rotatable bonds is 2. The molecule has 0 bridgehead atoms. The van der Waals surface area contributed by atoms with Gasteiger partial charge in [-0.15, -0.1) is 0 Å². The highest BCUT2D eigenvalue weighted by molar-refractivity contribution is 5.78. The molecule has 16 heavy (non-hydrogen) atoms. The second-order valence-corrected chi connectivity index (χ2v) is 4.46. The van der Waals surface area contributed by atoms with E-state index in [2.05, 4.69) is 5.32 Å². The highest BCUT2D eigenvalue weighted by Crippen LogP contribution is 2.36. The van der Waals surface area contributed by atoms with E-state index in [9.17, 15) is 23.1 Å². The number of nitrogens with one attached hydrogen (secondary N) is 1. The largest absolute Gasteiger partial charge is 0.416 e. The van der Waals surface area contributed by atoms with Crippen molar-refractivity contribution in [1.29, 1.82) is 0 Å². The topological polar surface area (TPSA) is 49.3 Å². The average molecular weight is 239 g/mol. The highest BCUT2D eigenvalue weighted by Gasteiger charge is 2.51. The van der Waals surface area contributed by atoms with E-state index in [-0.39, 0.29) is 5.91 Å². The zero-order valence-corrected chi connectivity index (χ0v) is 9.10. The Labute approximate surface area is 92.0 Å². The van der Waals surface area contributed by atoms with Crippen molar-refractivity contribution in [2.45, 2.75) is 44.4 Å². The van der Waals surface area contributed by atoms with Gasteiger partial charge in [-0.05, 0) is 26.2 Å². The average Bonchev–Trinajstić information content (AvgIpc) is 2.30. The summed E-state index contributed by atoms with van der Waals surface area (Å²) in [6.45, 7) is 1.22. The normalized spacial score (nSPS) is 26.8.